The first-order chi connectivity index (χ1) is 15.2. The number of pyridine rings is 1. The summed E-state index contributed by atoms with van der Waals surface area (Å²) in [6.45, 7) is 2.72. The van der Waals surface area contributed by atoms with Gasteiger partial charge in [0.15, 0.2) is 5.82 Å². The van der Waals surface area contributed by atoms with Gasteiger partial charge in [-0.2, -0.15) is 0 Å². The van der Waals surface area contributed by atoms with Gasteiger partial charge in [0, 0.05) is 36.4 Å². The molecule has 0 unspecified atom stereocenters. The number of methoxy groups -OCH3 is 1. The molecule has 0 spiro atoms. The second-order valence-electron chi connectivity index (χ2n) is 7.30. The lowest BCUT2D eigenvalue weighted by Gasteiger charge is -2.29. The van der Waals surface area contributed by atoms with Crippen molar-refractivity contribution in [2.24, 2.45) is 0 Å². The topological polar surface area (TPSA) is 60.4 Å². The summed E-state index contributed by atoms with van der Waals surface area (Å²) in [5.74, 6) is 1.72. The molecule has 0 aliphatic carbocycles. The highest BCUT2D eigenvalue weighted by molar-refractivity contribution is 5.98. The molecule has 6 nitrogen and oxygen atoms in total. The van der Waals surface area contributed by atoms with Crippen LogP contribution >= 0.6 is 0 Å². The molecule has 2 aromatic carbocycles. The van der Waals surface area contributed by atoms with Crippen molar-refractivity contribution in [1.29, 1.82) is 0 Å². The number of benzene rings is 2. The van der Waals surface area contributed by atoms with E-state index in [0.717, 1.165) is 41.0 Å². The first-order valence-electron chi connectivity index (χ1n) is 10.1. The highest BCUT2D eigenvalue weighted by atomic mass is 19.1. The molecule has 0 bridgehead atoms. The van der Waals surface area contributed by atoms with E-state index in [0.29, 0.717) is 30.3 Å². The number of hydrogen-bond acceptors (Lipinski definition) is 6. The van der Waals surface area contributed by atoms with E-state index in [1.165, 1.54) is 12.1 Å². The molecule has 0 N–H and O–H groups in total. The number of anilines is 1. The van der Waals surface area contributed by atoms with Crippen LogP contribution in [0.2, 0.25) is 0 Å². The Labute approximate surface area is 179 Å². The van der Waals surface area contributed by atoms with Crippen LogP contribution in [0.3, 0.4) is 0 Å². The van der Waals surface area contributed by atoms with Crippen molar-refractivity contribution >= 4 is 16.7 Å². The number of rotatable bonds is 4. The predicted molar refractivity (Wildman–Crippen MR) is 118 cm³/mol. The molecule has 7 heteroatoms. The van der Waals surface area contributed by atoms with Gasteiger partial charge in [-0.3, -0.25) is 4.98 Å². The SMILES string of the molecule is COc1cc(-c2cccc(F)c2)cc2c(N3CCOCC3)nc(-c3cccnc3)nc12. The average Bonchev–Trinajstić information content (AvgIpc) is 2.83. The van der Waals surface area contributed by atoms with Crippen molar-refractivity contribution < 1.29 is 13.9 Å². The molecule has 1 aliphatic heterocycles. The first-order valence-corrected chi connectivity index (χ1v) is 10.1. The fraction of sp³-hybridized carbons (Fsp3) is 0.208. The van der Waals surface area contributed by atoms with E-state index in [2.05, 4.69) is 9.88 Å². The van der Waals surface area contributed by atoms with Crippen molar-refractivity contribution in [3.8, 4) is 28.3 Å². The zero-order valence-electron chi connectivity index (χ0n) is 17.1. The summed E-state index contributed by atoms with van der Waals surface area (Å²) in [6.07, 6.45) is 3.47. The van der Waals surface area contributed by atoms with Gasteiger partial charge in [0.2, 0.25) is 0 Å². The number of morpholine rings is 1. The third-order valence-electron chi connectivity index (χ3n) is 5.35. The summed E-state index contributed by atoms with van der Waals surface area (Å²) in [5.41, 5.74) is 3.15. The third-order valence-corrected chi connectivity index (χ3v) is 5.35. The Morgan fingerprint density at radius 3 is 2.55 bits per heavy atom. The summed E-state index contributed by atoms with van der Waals surface area (Å²) in [6, 6.07) is 14.2. The van der Waals surface area contributed by atoms with Gasteiger partial charge in [-0.1, -0.05) is 12.1 Å². The predicted octanol–water partition coefficient (Wildman–Crippen LogP) is 4.34. The summed E-state index contributed by atoms with van der Waals surface area (Å²) in [7, 11) is 1.62. The largest absolute Gasteiger partial charge is 0.494 e. The number of ether oxygens (including phenoxy) is 2. The maximum atomic E-state index is 13.9. The lowest BCUT2D eigenvalue weighted by molar-refractivity contribution is 0.122. The highest BCUT2D eigenvalue weighted by Crippen LogP contribution is 2.37. The monoisotopic (exact) mass is 416 g/mol. The van der Waals surface area contributed by atoms with Crippen LogP contribution in [0, 0.1) is 5.82 Å². The van der Waals surface area contributed by atoms with E-state index in [4.69, 9.17) is 19.4 Å². The molecule has 2 aromatic heterocycles. The van der Waals surface area contributed by atoms with E-state index < -0.39 is 0 Å². The minimum Gasteiger partial charge on any atom is -0.494 e. The minimum atomic E-state index is -0.284. The van der Waals surface area contributed by atoms with Crippen LogP contribution in [0.25, 0.3) is 33.4 Å². The summed E-state index contributed by atoms with van der Waals surface area (Å²) in [5, 5.41) is 0.855. The maximum Gasteiger partial charge on any atom is 0.163 e. The van der Waals surface area contributed by atoms with Gasteiger partial charge in [-0.25, -0.2) is 14.4 Å². The lowest BCUT2D eigenvalue weighted by Crippen LogP contribution is -2.37. The molecule has 4 aromatic rings. The zero-order valence-corrected chi connectivity index (χ0v) is 17.1. The van der Waals surface area contributed by atoms with Gasteiger partial charge >= 0.3 is 0 Å². The number of hydrogen-bond donors (Lipinski definition) is 0. The van der Waals surface area contributed by atoms with Gasteiger partial charge < -0.3 is 14.4 Å². The quantitative estimate of drug-likeness (QED) is 0.493. The van der Waals surface area contributed by atoms with Crippen molar-refractivity contribution in [3.05, 3.63) is 66.7 Å². The molecule has 1 aliphatic rings. The number of nitrogens with zero attached hydrogens (tertiary/aromatic N) is 4. The standard InChI is InChI=1S/C24H21FN4O2/c1-30-21-14-18(16-4-2-6-19(25)12-16)13-20-22(21)27-23(17-5-3-7-26-15-17)28-24(20)29-8-10-31-11-9-29/h2-7,12-15H,8-11H2,1H3. The Hall–Kier alpha value is -3.58. The van der Waals surface area contributed by atoms with Gasteiger partial charge in [-0.15, -0.1) is 0 Å². The van der Waals surface area contributed by atoms with E-state index in [1.54, 1.807) is 25.6 Å². The van der Waals surface area contributed by atoms with Crippen molar-refractivity contribution in [2.45, 2.75) is 0 Å². The Morgan fingerprint density at radius 1 is 0.968 bits per heavy atom. The van der Waals surface area contributed by atoms with Crippen molar-refractivity contribution in [2.75, 3.05) is 38.3 Å². The molecule has 5 rings (SSSR count). The summed E-state index contributed by atoms with van der Waals surface area (Å²) < 4.78 is 25.1. The molecule has 0 radical (unpaired) electrons. The van der Waals surface area contributed by atoms with Gasteiger partial charge in [-0.05, 0) is 47.5 Å². The smallest absolute Gasteiger partial charge is 0.163 e. The van der Waals surface area contributed by atoms with Crippen molar-refractivity contribution in [1.82, 2.24) is 15.0 Å². The van der Waals surface area contributed by atoms with Crippen LogP contribution in [0.1, 0.15) is 0 Å². The number of fused-ring (bicyclic) bond motifs is 1. The Balaban J connectivity index is 1.77. The lowest BCUT2D eigenvalue weighted by atomic mass is 10.0. The Bertz CT molecular complexity index is 1230. The third kappa shape index (κ3) is 3.80. The highest BCUT2D eigenvalue weighted by Gasteiger charge is 2.21. The molecule has 1 saturated heterocycles. The molecule has 1 fully saturated rings. The average molecular weight is 416 g/mol. The van der Waals surface area contributed by atoms with E-state index in [-0.39, 0.29) is 5.82 Å². The molecule has 0 amide bonds. The molecular weight excluding hydrogens is 395 g/mol. The second-order valence-corrected chi connectivity index (χ2v) is 7.30. The molecule has 0 atom stereocenters. The van der Waals surface area contributed by atoms with Crippen LogP contribution in [0.4, 0.5) is 10.2 Å². The van der Waals surface area contributed by atoms with Crippen LogP contribution in [0.5, 0.6) is 5.75 Å². The van der Waals surface area contributed by atoms with E-state index >= 15 is 0 Å². The normalized spacial score (nSPS) is 14.1. The Morgan fingerprint density at radius 2 is 1.81 bits per heavy atom. The van der Waals surface area contributed by atoms with E-state index in [1.807, 2.05) is 30.3 Å². The molecule has 156 valence electrons. The van der Waals surface area contributed by atoms with Gasteiger partial charge in [0.05, 0.1) is 20.3 Å². The van der Waals surface area contributed by atoms with Crippen LogP contribution in [-0.4, -0.2) is 48.4 Å². The minimum absolute atomic E-state index is 0.284. The van der Waals surface area contributed by atoms with Crippen LogP contribution in [0.15, 0.2) is 60.9 Å². The van der Waals surface area contributed by atoms with E-state index in [9.17, 15) is 4.39 Å². The number of halogens is 1. The van der Waals surface area contributed by atoms with Gasteiger partial charge in [0.1, 0.15) is 22.9 Å². The Kier molecular flexibility index (Phi) is 5.18. The number of aromatic nitrogens is 3. The fourth-order valence-electron chi connectivity index (χ4n) is 3.82. The van der Waals surface area contributed by atoms with Gasteiger partial charge in [0.25, 0.3) is 0 Å². The molecule has 0 saturated carbocycles. The second kappa shape index (κ2) is 8.28. The maximum absolute atomic E-state index is 13.9. The summed E-state index contributed by atoms with van der Waals surface area (Å²) >= 11 is 0. The zero-order chi connectivity index (χ0) is 21.2. The van der Waals surface area contributed by atoms with Crippen molar-refractivity contribution in [3.63, 3.8) is 0 Å². The van der Waals surface area contributed by atoms with Crippen LogP contribution in [-0.2, 0) is 4.74 Å². The molecule has 31 heavy (non-hydrogen) atoms. The molecule has 3 heterocycles. The van der Waals surface area contributed by atoms with Crippen LogP contribution < -0.4 is 9.64 Å². The molecular formula is C24H21FN4O2. The summed E-state index contributed by atoms with van der Waals surface area (Å²) in [4.78, 5) is 16.1. The first kappa shape index (κ1) is 19.4. The fourth-order valence-corrected chi connectivity index (χ4v) is 3.82.